The lowest BCUT2D eigenvalue weighted by Crippen LogP contribution is -2.27. The molecule has 0 saturated heterocycles. The molecule has 1 heterocycles. The number of hydrogen-bond donors (Lipinski definition) is 1. The van der Waals surface area contributed by atoms with Crippen LogP contribution in [-0.2, 0) is 11.2 Å². The van der Waals surface area contributed by atoms with E-state index >= 15 is 0 Å². The van der Waals surface area contributed by atoms with Crippen molar-refractivity contribution in [3.05, 3.63) is 82.6 Å². The first-order chi connectivity index (χ1) is 11.2. The predicted octanol–water partition coefficient (Wildman–Crippen LogP) is 4.84. The Hall–Kier alpha value is -2.39. The normalized spacial score (nSPS) is 11.9. The number of nitrogens with one attached hydrogen (secondary N) is 1. The largest absolute Gasteiger partial charge is 0.348 e. The summed E-state index contributed by atoms with van der Waals surface area (Å²) in [5.41, 5.74) is 3.39. The molecule has 0 aliphatic rings. The lowest BCUT2D eigenvalue weighted by Gasteiger charge is -2.12. The van der Waals surface area contributed by atoms with Crippen LogP contribution in [0, 0.1) is 0 Å². The van der Waals surface area contributed by atoms with Crippen LogP contribution in [0.3, 0.4) is 0 Å². The molecule has 0 aliphatic heterocycles. The van der Waals surface area contributed by atoms with Crippen LogP contribution >= 0.6 is 11.3 Å². The Balaban J connectivity index is 1.61. The summed E-state index contributed by atoms with van der Waals surface area (Å²) in [6, 6.07) is 22.6. The molecule has 1 amide bonds. The fourth-order valence-electron chi connectivity index (χ4n) is 2.53. The minimum Gasteiger partial charge on any atom is -0.348 e. The molecule has 1 aromatic heterocycles. The first-order valence-corrected chi connectivity index (χ1v) is 8.57. The highest BCUT2D eigenvalue weighted by molar-refractivity contribution is 7.10. The summed E-state index contributed by atoms with van der Waals surface area (Å²) in [5.74, 6) is 0.0540. The Bertz CT molecular complexity index is 748. The highest BCUT2D eigenvalue weighted by Gasteiger charge is 2.10. The van der Waals surface area contributed by atoms with Crippen LogP contribution in [0.4, 0.5) is 0 Å². The van der Waals surface area contributed by atoms with Gasteiger partial charge in [-0.2, -0.15) is 0 Å². The van der Waals surface area contributed by atoms with Crippen LogP contribution in [0.5, 0.6) is 0 Å². The van der Waals surface area contributed by atoms with E-state index in [0.29, 0.717) is 6.42 Å². The number of carbonyl (C=O) groups excluding carboxylic acids is 1. The van der Waals surface area contributed by atoms with Crippen LogP contribution in [-0.4, -0.2) is 5.91 Å². The van der Waals surface area contributed by atoms with Gasteiger partial charge in [-0.05, 0) is 35.1 Å². The minimum absolute atomic E-state index is 0.0540. The molecule has 0 fully saturated rings. The maximum absolute atomic E-state index is 12.2. The first kappa shape index (κ1) is 15.5. The van der Waals surface area contributed by atoms with Crippen molar-refractivity contribution in [3.8, 4) is 11.1 Å². The lowest BCUT2D eigenvalue weighted by atomic mass is 10.0. The van der Waals surface area contributed by atoms with Crippen LogP contribution in [0.2, 0.25) is 0 Å². The molecule has 3 rings (SSSR count). The molecule has 0 saturated carbocycles. The van der Waals surface area contributed by atoms with E-state index in [2.05, 4.69) is 29.6 Å². The first-order valence-electron chi connectivity index (χ1n) is 7.69. The number of thiophene rings is 1. The third-order valence-corrected chi connectivity index (χ3v) is 4.83. The van der Waals surface area contributed by atoms with Crippen molar-refractivity contribution < 1.29 is 4.79 Å². The molecule has 1 atom stereocenters. The van der Waals surface area contributed by atoms with Crippen molar-refractivity contribution in [2.45, 2.75) is 19.4 Å². The van der Waals surface area contributed by atoms with Crippen molar-refractivity contribution >= 4 is 17.2 Å². The third kappa shape index (κ3) is 4.08. The fraction of sp³-hybridized carbons (Fsp3) is 0.150. The second kappa shape index (κ2) is 7.25. The van der Waals surface area contributed by atoms with Gasteiger partial charge in [-0.25, -0.2) is 0 Å². The molecular formula is C20H19NOS. The second-order valence-corrected chi connectivity index (χ2v) is 6.52. The fourth-order valence-corrected chi connectivity index (χ4v) is 3.27. The Morgan fingerprint density at radius 3 is 2.30 bits per heavy atom. The summed E-state index contributed by atoms with van der Waals surface area (Å²) in [6.45, 7) is 2.02. The maximum atomic E-state index is 12.2. The lowest BCUT2D eigenvalue weighted by molar-refractivity contribution is -0.121. The number of carbonyl (C=O) groups is 1. The molecule has 0 spiro atoms. The highest BCUT2D eigenvalue weighted by Crippen LogP contribution is 2.20. The molecule has 2 aromatic carbocycles. The van der Waals surface area contributed by atoms with Gasteiger partial charge in [0.05, 0.1) is 12.5 Å². The van der Waals surface area contributed by atoms with E-state index in [9.17, 15) is 4.79 Å². The summed E-state index contributed by atoms with van der Waals surface area (Å²) >= 11 is 1.66. The molecule has 0 aliphatic carbocycles. The van der Waals surface area contributed by atoms with Crippen molar-refractivity contribution in [3.63, 3.8) is 0 Å². The molecule has 23 heavy (non-hydrogen) atoms. The number of amides is 1. The van der Waals surface area contributed by atoms with Gasteiger partial charge < -0.3 is 5.32 Å². The zero-order valence-corrected chi connectivity index (χ0v) is 13.8. The Morgan fingerprint density at radius 1 is 0.957 bits per heavy atom. The number of benzene rings is 2. The van der Waals surface area contributed by atoms with E-state index in [0.717, 1.165) is 5.56 Å². The van der Waals surface area contributed by atoms with E-state index in [1.807, 2.05) is 54.8 Å². The van der Waals surface area contributed by atoms with Gasteiger partial charge in [-0.3, -0.25) is 4.79 Å². The monoisotopic (exact) mass is 321 g/mol. The molecule has 0 bridgehead atoms. The molecule has 1 N–H and O–H groups in total. The van der Waals surface area contributed by atoms with E-state index in [1.165, 1.54) is 16.0 Å². The molecule has 116 valence electrons. The summed E-state index contributed by atoms with van der Waals surface area (Å²) in [4.78, 5) is 13.3. The van der Waals surface area contributed by atoms with Gasteiger partial charge in [0.25, 0.3) is 0 Å². The van der Waals surface area contributed by atoms with Gasteiger partial charge in [-0.15, -0.1) is 11.3 Å². The van der Waals surface area contributed by atoms with Gasteiger partial charge in [0.2, 0.25) is 5.91 Å². The van der Waals surface area contributed by atoms with E-state index in [1.54, 1.807) is 11.3 Å². The summed E-state index contributed by atoms with van der Waals surface area (Å²) < 4.78 is 0. The quantitative estimate of drug-likeness (QED) is 0.716. The van der Waals surface area contributed by atoms with E-state index in [-0.39, 0.29) is 11.9 Å². The summed E-state index contributed by atoms with van der Waals surface area (Å²) in [5, 5.41) is 5.08. The molecule has 1 unspecified atom stereocenters. The molecular weight excluding hydrogens is 302 g/mol. The SMILES string of the molecule is CC(NC(=O)Cc1ccc(-c2ccccc2)cc1)c1cccs1. The van der Waals surface area contributed by atoms with Crippen LogP contribution in [0.1, 0.15) is 23.4 Å². The van der Waals surface area contributed by atoms with Crippen molar-refractivity contribution in [2.75, 3.05) is 0 Å². The highest BCUT2D eigenvalue weighted by atomic mass is 32.1. The third-order valence-electron chi connectivity index (χ3n) is 3.77. The van der Waals surface area contributed by atoms with Crippen molar-refractivity contribution in [1.82, 2.24) is 5.32 Å². The number of hydrogen-bond acceptors (Lipinski definition) is 2. The standard InChI is InChI=1S/C20H19NOS/c1-15(19-8-5-13-23-19)21-20(22)14-16-9-11-18(12-10-16)17-6-3-2-4-7-17/h2-13,15H,14H2,1H3,(H,21,22). The average molecular weight is 321 g/mol. The van der Waals surface area contributed by atoms with Gasteiger partial charge in [0.1, 0.15) is 0 Å². The summed E-state index contributed by atoms with van der Waals surface area (Å²) in [6.07, 6.45) is 0.408. The molecule has 2 nitrogen and oxygen atoms in total. The average Bonchev–Trinajstić information content (AvgIpc) is 3.11. The Morgan fingerprint density at radius 2 is 1.65 bits per heavy atom. The minimum atomic E-state index is 0.0540. The molecule has 0 radical (unpaired) electrons. The zero-order valence-electron chi connectivity index (χ0n) is 13.0. The van der Waals surface area contributed by atoms with Crippen LogP contribution < -0.4 is 5.32 Å². The molecule has 3 aromatic rings. The van der Waals surface area contributed by atoms with Crippen molar-refractivity contribution in [1.29, 1.82) is 0 Å². The smallest absolute Gasteiger partial charge is 0.224 e. The van der Waals surface area contributed by atoms with Gasteiger partial charge in [0, 0.05) is 4.88 Å². The Labute approximate surface area is 140 Å². The van der Waals surface area contributed by atoms with E-state index in [4.69, 9.17) is 0 Å². The topological polar surface area (TPSA) is 29.1 Å². The zero-order chi connectivity index (χ0) is 16.1. The predicted molar refractivity (Wildman–Crippen MR) is 96.5 cm³/mol. The molecule has 3 heteroatoms. The van der Waals surface area contributed by atoms with Gasteiger partial charge >= 0.3 is 0 Å². The van der Waals surface area contributed by atoms with Gasteiger partial charge in [-0.1, -0.05) is 60.7 Å². The van der Waals surface area contributed by atoms with Gasteiger partial charge in [0.15, 0.2) is 0 Å². The van der Waals surface area contributed by atoms with Crippen LogP contribution in [0.15, 0.2) is 72.1 Å². The Kier molecular flexibility index (Phi) is 4.89. The van der Waals surface area contributed by atoms with Crippen molar-refractivity contribution in [2.24, 2.45) is 0 Å². The maximum Gasteiger partial charge on any atom is 0.224 e. The van der Waals surface area contributed by atoms with E-state index < -0.39 is 0 Å². The van der Waals surface area contributed by atoms with Crippen LogP contribution in [0.25, 0.3) is 11.1 Å². The second-order valence-electron chi connectivity index (χ2n) is 5.54. The summed E-state index contributed by atoms with van der Waals surface area (Å²) in [7, 11) is 0. The number of rotatable bonds is 5.